The molecule has 1 nitrogen and oxygen atoms in total. The minimum absolute atomic E-state index is 1.19. The predicted molar refractivity (Wildman–Crippen MR) is 268 cm³/mol. The van der Waals surface area contributed by atoms with Gasteiger partial charge in [-0.2, -0.15) is 0 Å². The maximum absolute atomic E-state index is 2.45. The van der Waals surface area contributed by atoms with Crippen LogP contribution < -0.4 is 0 Å². The molecule has 0 spiro atoms. The Labute approximate surface area is 362 Å². The quantitative estimate of drug-likeness (QED) is 0.168. The van der Waals surface area contributed by atoms with Crippen LogP contribution in [-0.2, 0) is 0 Å². The van der Waals surface area contributed by atoms with E-state index in [9.17, 15) is 0 Å². The Bertz CT molecular complexity index is 4130. The van der Waals surface area contributed by atoms with Crippen molar-refractivity contribution in [3.63, 3.8) is 0 Å². The lowest BCUT2D eigenvalue weighted by atomic mass is 9.87. The molecule has 0 fully saturated rings. The molecule has 1 heteroatoms. The van der Waals surface area contributed by atoms with Crippen LogP contribution in [-0.4, -0.2) is 4.57 Å². The maximum Gasteiger partial charge on any atom is 0.0541 e. The minimum atomic E-state index is 1.19. The van der Waals surface area contributed by atoms with Crippen molar-refractivity contribution >= 4 is 86.4 Å². The molecule has 0 saturated heterocycles. The molecule has 0 aliphatic heterocycles. The Morgan fingerprint density at radius 1 is 0.222 bits per heavy atom. The molecule has 13 aromatic carbocycles. The van der Waals surface area contributed by atoms with Crippen LogP contribution in [0.2, 0.25) is 0 Å². The number of fused-ring (bicyclic) bond motifs is 15. The van der Waals surface area contributed by atoms with Gasteiger partial charge in [-0.25, -0.2) is 0 Å². The topological polar surface area (TPSA) is 4.93 Å². The Hall–Kier alpha value is -8.26. The smallest absolute Gasteiger partial charge is 0.0541 e. The van der Waals surface area contributed by atoms with Gasteiger partial charge in [0.2, 0.25) is 0 Å². The van der Waals surface area contributed by atoms with Crippen molar-refractivity contribution < 1.29 is 0 Å². The fourth-order valence-electron chi connectivity index (χ4n) is 12.6. The van der Waals surface area contributed by atoms with Crippen LogP contribution in [0.15, 0.2) is 200 Å². The number of nitrogens with zero attached hydrogens (tertiary/aromatic N) is 1. The molecule has 0 amide bonds. The van der Waals surface area contributed by atoms with Crippen LogP contribution in [0.25, 0.3) is 159 Å². The van der Waals surface area contributed by atoms with E-state index < -0.39 is 0 Å². The Morgan fingerprint density at radius 2 is 0.587 bits per heavy atom. The van der Waals surface area contributed by atoms with Gasteiger partial charge in [-0.3, -0.25) is 0 Å². The summed E-state index contributed by atoms with van der Waals surface area (Å²) in [4.78, 5) is 0. The van der Waals surface area contributed by atoms with Crippen molar-refractivity contribution in [3.05, 3.63) is 200 Å². The van der Waals surface area contributed by atoms with Gasteiger partial charge in [0.15, 0.2) is 0 Å². The van der Waals surface area contributed by atoms with Crippen molar-refractivity contribution in [2.24, 2.45) is 0 Å². The van der Waals surface area contributed by atoms with Gasteiger partial charge >= 0.3 is 0 Å². The highest BCUT2D eigenvalue weighted by atomic mass is 15.0. The van der Waals surface area contributed by atoms with Gasteiger partial charge in [0.25, 0.3) is 0 Å². The van der Waals surface area contributed by atoms with Crippen LogP contribution >= 0.6 is 0 Å². The van der Waals surface area contributed by atoms with Gasteiger partial charge in [-0.1, -0.05) is 176 Å². The van der Waals surface area contributed by atoms with Gasteiger partial charge in [-0.05, 0) is 156 Å². The summed E-state index contributed by atoms with van der Waals surface area (Å²) in [6.07, 6.45) is 0. The molecule has 2 aliphatic carbocycles. The molecule has 286 valence electrons. The van der Waals surface area contributed by atoms with Gasteiger partial charge in [-0.15, -0.1) is 0 Å². The number of hydrogen-bond donors (Lipinski definition) is 0. The fourth-order valence-corrected chi connectivity index (χ4v) is 12.6. The molecule has 63 heavy (non-hydrogen) atoms. The van der Waals surface area contributed by atoms with Gasteiger partial charge in [0, 0.05) is 16.5 Å². The Morgan fingerprint density at radius 3 is 1.05 bits per heavy atom. The largest absolute Gasteiger partial charge is 0.309 e. The maximum atomic E-state index is 2.45. The van der Waals surface area contributed by atoms with E-state index in [1.54, 1.807) is 0 Å². The molecule has 0 saturated carbocycles. The monoisotopic (exact) mass is 791 g/mol. The molecule has 0 N–H and O–H groups in total. The first-order valence-corrected chi connectivity index (χ1v) is 22.1. The summed E-state index contributed by atoms with van der Waals surface area (Å²) in [6, 6.07) is 75.6. The second-order valence-electron chi connectivity index (χ2n) is 17.8. The molecule has 1 aromatic heterocycles. The van der Waals surface area contributed by atoms with Crippen molar-refractivity contribution in [1.29, 1.82) is 0 Å². The lowest BCUT2D eigenvalue weighted by molar-refractivity contribution is 1.18. The molecule has 0 atom stereocenters. The van der Waals surface area contributed by atoms with Gasteiger partial charge in [0.05, 0.1) is 11.0 Å². The lowest BCUT2D eigenvalue weighted by Gasteiger charge is -2.15. The first-order valence-electron chi connectivity index (χ1n) is 22.1. The zero-order valence-corrected chi connectivity index (χ0v) is 34.0. The molecule has 1 heterocycles. The molecular formula is C62H33N. The van der Waals surface area contributed by atoms with Gasteiger partial charge < -0.3 is 4.57 Å². The van der Waals surface area contributed by atoms with Crippen molar-refractivity contribution in [2.75, 3.05) is 0 Å². The third-order valence-electron chi connectivity index (χ3n) is 15.0. The van der Waals surface area contributed by atoms with Crippen molar-refractivity contribution in [3.8, 4) is 72.4 Å². The van der Waals surface area contributed by atoms with Crippen LogP contribution in [0.1, 0.15) is 0 Å². The van der Waals surface area contributed by atoms with Crippen LogP contribution in [0, 0.1) is 0 Å². The molecule has 16 rings (SSSR count). The van der Waals surface area contributed by atoms with E-state index in [1.165, 1.54) is 159 Å². The average Bonchev–Trinajstić information content (AvgIpc) is 4.13. The number of hydrogen-bond acceptors (Lipinski definition) is 0. The summed E-state index contributed by atoms with van der Waals surface area (Å²) in [5.74, 6) is 0. The van der Waals surface area contributed by atoms with Crippen LogP contribution in [0.4, 0.5) is 0 Å². The lowest BCUT2D eigenvalue weighted by Crippen LogP contribution is -1.94. The Kier molecular flexibility index (Phi) is 5.86. The zero-order valence-electron chi connectivity index (χ0n) is 34.0. The van der Waals surface area contributed by atoms with E-state index in [1.807, 2.05) is 0 Å². The summed E-state index contributed by atoms with van der Waals surface area (Å²) < 4.78 is 2.45. The molecule has 14 aromatic rings. The number of rotatable bonds is 3. The third-order valence-corrected chi connectivity index (χ3v) is 15.0. The minimum Gasteiger partial charge on any atom is -0.309 e. The molecule has 2 aliphatic rings. The van der Waals surface area contributed by atoms with E-state index in [2.05, 4.69) is 205 Å². The summed E-state index contributed by atoms with van der Waals surface area (Å²) >= 11 is 0. The van der Waals surface area contributed by atoms with E-state index in [4.69, 9.17) is 0 Å². The van der Waals surface area contributed by atoms with Crippen LogP contribution in [0.5, 0.6) is 0 Å². The number of para-hydroxylation sites is 2. The average molecular weight is 792 g/mol. The summed E-state index contributed by atoms with van der Waals surface area (Å²) in [6.45, 7) is 0. The molecule has 0 unspecified atom stereocenters. The highest BCUT2D eigenvalue weighted by molar-refractivity contribution is 6.48. The van der Waals surface area contributed by atoms with E-state index in [0.29, 0.717) is 0 Å². The molecular weight excluding hydrogens is 759 g/mol. The summed E-state index contributed by atoms with van der Waals surface area (Å²) in [7, 11) is 0. The van der Waals surface area contributed by atoms with Gasteiger partial charge in [0.1, 0.15) is 0 Å². The zero-order chi connectivity index (χ0) is 40.7. The normalized spacial score (nSPS) is 12.8. The standard InChI is InChI=1S/C62H33N/c1-3-13-34(14-4-1)53-59-46-29-25-42-37-17-7-8-18-38(37)43-26-30-47(57(46)55(42)43)60(59)54(35-15-5-2-6-16-35)62-49-32-28-45-50-33-36(23-24-39(50)44-27-31-48(61(53)62)58(49)56(44)45)63-51-21-11-9-19-40(51)41-20-10-12-22-52(41)63/h1-33H. The molecule has 0 bridgehead atoms. The fraction of sp³-hybridized carbons (Fsp3) is 0. The van der Waals surface area contributed by atoms with Crippen molar-refractivity contribution in [2.45, 2.75) is 0 Å². The summed E-state index contributed by atoms with van der Waals surface area (Å²) in [5, 5.41) is 18.8. The predicted octanol–water partition coefficient (Wildman–Crippen LogP) is 17.2. The van der Waals surface area contributed by atoms with Crippen molar-refractivity contribution in [1.82, 2.24) is 4.57 Å². The number of benzene rings is 11. The summed E-state index contributed by atoms with van der Waals surface area (Å²) in [5.41, 5.74) is 19.5. The first-order chi connectivity index (χ1) is 31.3. The highest BCUT2D eigenvalue weighted by Crippen LogP contribution is 2.60. The third kappa shape index (κ3) is 3.83. The second-order valence-corrected chi connectivity index (χ2v) is 17.8. The highest BCUT2D eigenvalue weighted by Gasteiger charge is 2.32. The van der Waals surface area contributed by atoms with E-state index in [0.717, 1.165) is 0 Å². The number of aromatic nitrogens is 1. The Balaban J connectivity index is 1.06. The van der Waals surface area contributed by atoms with Crippen LogP contribution in [0.3, 0.4) is 0 Å². The molecule has 0 radical (unpaired) electrons. The second kappa shape index (κ2) is 11.4. The SMILES string of the molecule is c1ccc(-c2c3c4ccc5c6c(ccc(c3c(-c3ccccc3)c3c7ccc8c9c(ccc(c23)c97)-c2ccc(-n3c7ccccc7c7ccccc73)cc2-8)c64)-c2ccccc2-5)cc1. The first kappa shape index (κ1) is 32.5. The van der Waals surface area contributed by atoms with E-state index in [-0.39, 0.29) is 0 Å². The van der Waals surface area contributed by atoms with E-state index >= 15 is 0 Å².